The first kappa shape index (κ1) is 26.6. The van der Waals surface area contributed by atoms with E-state index in [4.69, 9.17) is 21.3 Å². The number of para-hydroxylation sites is 1. The maximum absolute atomic E-state index is 6.28. The molecule has 1 heterocycles. The van der Waals surface area contributed by atoms with Crippen molar-refractivity contribution in [1.82, 2.24) is 14.5 Å². The SMILES string of the molecule is CCCCn1c(-c2ccccc2Sc2ccc(Cl)cc2)nc2c(OCCCN(CC)CC)cccc21. The first-order valence-corrected chi connectivity index (χ1v) is 14.2. The third-order valence-electron chi connectivity index (χ3n) is 6.42. The van der Waals surface area contributed by atoms with Crippen LogP contribution in [0.2, 0.25) is 5.02 Å². The Bertz CT molecular complexity index is 1250. The second-order valence-corrected chi connectivity index (χ2v) is 10.4. The van der Waals surface area contributed by atoms with E-state index in [9.17, 15) is 0 Å². The molecule has 4 aromatic rings. The van der Waals surface area contributed by atoms with Crippen LogP contribution in [0.25, 0.3) is 22.4 Å². The van der Waals surface area contributed by atoms with Gasteiger partial charge >= 0.3 is 0 Å². The number of imidazole rings is 1. The Morgan fingerprint density at radius 3 is 2.44 bits per heavy atom. The molecule has 36 heavy (non-hydrogen) atoms. The van der Waals surface area contributed by atoms with Gasteiger partial charge in [0.05, 0.1) is 12.1 Å². The first-order chi connectivity index (χ1) is 17.6. The number of benzene rings is 3. The van der Waals surface area contributed by atoms with Gasteiger partial charge in [0.2, 0.25) is 0 Å². The third kappa shape index (κ3) is 6.44. The number of ether oxygens (including phenoxy) is 1. The Labute approximate surface area is 224 Å². The van der Waals surface area contributed by atoms with Gasteiger partial charge in [0.25, 0.3) is 0 Å². The van der Waals surface area contributed by atoms with Gasteiger partial charge < -0.3 is 14.2 Å². The Kier molecular flexibility index (Phi) is 9.74. The van der Waals surface area contributed by atoms with Crippen molar-refractivity contribution >= 4 is 34.4 Å². The molecule has 0 unspecified atom stereocenters. The minimum Gasteiger partial charge on any atom is -0.491 e. The molecule has 0 bridgehead atoms. The zero-order valence-corrected chi connectivity index (χ0v) is 23.1. The lowest BCUT2D eigenvalue weighted by Gasteiger charge is -2.17. The summed E-state index contributed by atoms with van der Waals surface area (Å²) >= 11 is 7.85. The van der Waals surface area contributed by atoms with Crippen LogP contribution in [0.4, 0.5) is 0 Å². The molecule has 0 aliphatic carbocycles. The standard InChI is InChI=1S/C30H36ClN3OS/c1-4-7-21-34-26-13-10-14-27(35-22-11-20-33(5-2)6-3)29(26)32-30(34)25-12-8-9-15-28(25)36-24-18-16-23(31)17-19-24/h8-10,12-19H,4-7,11,20-22H2,1-3H3. The zero-order valence-electron chi connectivity index (χ0n) is 21.5. The lowest BCUT2D eigenvalue weighted by Crippen LogP contribution is -2.25. The van der Waals surface area contributed by atoms with E-state index in [1.165, 1.54) is 4.90 Å². The summed E-state index contributed by atoms with van der Waals surface area (Å²) in [6.45, 7) is 11.5. The third-order valence-corrected chi connectivity index (χ3v) is 7.75. The van der Waals surface area contributed by atoms with Crippen molar-refractivity contribution in [2.75, 3.05) is 26.2 Å². The van der Waals surface area contributed by atoms with E-state index in [0.717, 1.165) is 83.5 Å². The minimum atomic E-state index is 0.690. The smallest absolute Gasteiger partial charge is 0.147 e. The summed E-state index contributed by atoms with van der Waals surface area (Å²) in [5.74, 6) is 1.86. The molecule has 0 aliphatic heterocycles. The lowest BCUT2D eigenvalue weighted by molar-refractivity contribution is 0.250. The summed E-state index contributed by atoms with van der Waals surface area (Å²) < 4.78 is 8.65. The normalized spacial score (nSPS) is 11.5. The van der Waals surface area contributed by atoms with E-state index in [2.05, 4.69) is 84.8 Å². The highest BCUT2D eigenvalue weighted by molar-refractivity contribution is 7.99. The number of nitrogens with zero attached hydrogens (tertiary/aromatic N) is 3. The maximum Gasteiger partial charge on any atom is 0.147 e. The van der Waals surface area contributed by atoms with Crippen LogP contribution < -0.4 is 4.74 Å². The van der Waals surface area contributed by atoms with Crippen molar-refractivity contribution in [3.8, 4) is 17.1 Å². The van der Waals surface area contributed by atoms with Gasteiger partial charge in [-0.2, -0.15) is 0 Å². The molecule has 0 amide bonds. The molecule has 0 N–H and O–H groups in total. The summed E-state index contributed by atoms with van der Waals surface area (Å²) in [7, 11) is 0. The molecule has 0 atom stereocenters. The number of hydrogen-bond acceptors (Lipinski definition) is 4. The number of unbranched alkanes of at least 4 members (excludes halogenated alkanes) is 1. The number of aryl methyl sites for hydroxylation is 1. The van der Waals surface area contributed by atoms with Gasteiger partial charge in [-0.05, 0) is 68.4 Å². The number of rotatable bonds is 13. The van der Waals surface area contributed by atoms with Crippen LogP contribution in [0.15, 0.2) is 76.5 Å². The van der Waals surface area contributed by atoms with Gasteiger partial charge in [-0.25, -0.2) is 4.98 Å². The number of aromatic nitrogens is 2. The molecule has 0 saturated heterocycles. The van der Waals surface area contributed by atoms with Gasteiger partial charge in [0.1, 0.15) is 17.1 Å². The average Bonchev–Trinajstić information content (AvgIpc) is 3.28. The molecule has 3 aromatic carbocycles. The van der Waals surface area contributed by atoms with Crippen molar-refractivity contribution in [2.24, 2.45) is 0 Å². The summed E-state index contributed by atoms with van der Waals surface area (Å²) in [5, 5.41) is 0.749. The highest BCUT2D eigenvalue weighted by Crippen LogP contribution is 2.38. The average molecular weight is 522 g/mol. The Hall–Kier alpha value is -2.47. The van der Waals surface area contributed by atoms with Crippen molar-refractivity contribution in [1.29, 1.82) is 0 Å². The summed E-state index contributed by atoms with van der Waals surface area (Å²) in [6, 6.07) is 22.8. The van der Waals surface area contributed by atoms with Crippen LogP contribution in [0.3, 0.4) is 0 Å². The molecular weight excluding hydrogens is 486 g/mol. The Morgan fingerprint density at radius 1 is 0.917 bits per heavy atom. The number of hydrogen-bond donors (Lipinski definition) is 0. The highest BCUT2D eigenvalue weighted by Gasteiger charge is 2.18. The molecule has 0 saturated carbocycles. The van der Waals surface area contributed by atoms with Crippen molar-refractivity contribution in [3.63, 3.8) is 0 Å². The number of fused-ring (bicyclic) bond motifs is 1. The molecule has 0 radical (unpaired) electrons. The molecule has 1 aromatic heterocycles. The molecule has 0 fully saturated rings. The Morgan fingerprint density at radius 2 is 1.69 bits per heavy atom. The fourth-order valence-corrected chi connectivity index (χ4v) is 5.43. The Balaban J connectivity index is 1.67. The van der Waals surface area contributed by atoms with Crippen LogP contribution in [-0.2, 0) is 6.54 Å². The van der Waals surface area contributed by atoms with Crippen LogP contribution in [0.5, 0.6) is 5.75 Å². The first-order valence-electron chi connectivity index (χ1n) is 13.0. The van der Waals surface area contributed by atoms with Crippen LogP contribution >= 0.6 is 23.4 Å². The molecule has 6 heteroatoms. The second-order valence-electron chi connectivity index (χ2n) is 8.85. The lowest BCUT2D eigenvalue weighted by atomic mass is 10.2. The zero-order chi connectivity index (χ0) is 25.3. The maximum atomic E-state index is 6.28. The summed E-state index contributed by atoms with van der Waals surface area (Å²) in [5.41, 5.74) is 3.21. The quantitative estimate of drug-likeness (QED) is 0.165. The highest BCUT2D eigenvalue weighted by atomic mass is 35.5. The van der Waals surface area contributed by atoms with Gasteiger partial charge in [-0.1, -0.05) is 74.8 Å². The minimum absolute atomic E-state index is 0.690. The molecule has 0 aliphatic rings. The van der Waals surface area contributed by atoms with E-state index < -0.39 is 0 Å². The van der Waals surface area contributed by atoms with Crippen LogP contribution in [0, 0.1) is 0 Å². The topological polar surface area (TPSA) is 30.3 Å². The fraction of sp³-hybridized carbons (Fsp3) is 0.367. The van der Waals surface area contributed by atoms with Gasteiger partial charge in [-0.15, -0.1) is 0 Å². The number of halogens is 1. The van der Waals surface area contributed by atoms with Crippen LogP contribution in [-0.4, -0.2) is 40.7 Å². The van der Waals surface area contributed by atoms with Crippen molar-refractivity contribution in [3.05, 3.63) is 71.8 Å². The molecule has 4 rings (SSSR count). The van der Waals surface area contributed by atoms with E-state index in [-0.39, 0.29) is 0 Å². The van der Waals surface area contributed by atoms with E-state index in [1.54, 1.807) is 11.8 Å². The summed E-state index contributed by atoms with van der Waals surface area (Å²) in [6.07, 6.45) is 3.23. The van der Waals surface area contributed by atoms with Crippen LogP contribution in [0.1, 0.15) is 40.0 Å². The van der Waals surface area contributed by atoms with Gasteiger partial charge in [0.15, 0.2) is 0 Å². The monoisotopic (exact) mass is 521 g/mol. The van der Waals surface area contributed by atoms with E-state index >= 15 is 0 Å². The van der Waals surface area contributed by atoms with Crippen molar-refractivity contribution in [2.45, 2.75) is 56.4 Å². The largest absolute Gasteiger partial charge is 0.491 e. The molecular formula is C30H36ClN3OS. The fourth-order valence-electron chi connectivity index (χ4n) is 4.37. The van der Waals surface area contributed by atoms with Crippen molar-refractivity contribution < 1.29 is 4.74 Å². The van der Waals surface area contributed by atoms with Gasteiger partial charge in [-0.3, -0.25) is 0 Å². The molecule has 190 valence electrons. The van der Waals surface area contributed by atoms with Gasteiger partial charge in [0, 0.05) is 33.5 Å². The second kappa shape index (κ2) is 13.2. The predicted molar refractivity (Wildman–Crippen MR) is 154 cm³/mol. The molecule has 0 spiro atoms. The van der Waals surface area contributed by atoms with E-state index in [0.29, 0.717) is 6.61 Å². The summed E-state index contributed by atoms with van der Waals surface area (Å²) in [4.78, 5) is 9.95. The van der Waals surface area contributed by atoms with E-state index in [1.807, 2.05) is 12.1 Å². The molecule has 4 nitrogen and oxygen atoms in total. The predicted octanol–water partition coefficient (Wildman–Crippen LogP) is 8.42.